The van der Waals surface area contributed by atoms with Crippen LogP contribution in [0.5, 0.6) is 11.5 Å². The lowest BCUT2D eigenvalue weighted by molar-refractivity contribution is 0.394. The first-order valence-corrected chi connectivity index (χ1v) is 10.6. The number of benzene rings is 3. The number of fused-ring (bicyclic) bond motifs is 1. The Kier molecular flexibility index (Phi) is 5.97. The number of halogens is 1. The lowest BCUT2D eigenvalue weighted by Gasteiger charge is -2.15. The highest BCUT2D eigenvalue weighted by molar-refractivity contribution is 7.98. The second-order valence-corrected chi connectivity index (χ2v) is 7.92. The van der Waals surface area contributed by atoms with Gasteiger partial charge in [0.15, 0.2) is 5.16 Å². The Labute approximate surface area is 183 Å². The molecule has 0 N–H and O–H groups in total. The Bertz CT molecular complexity index is 1250. The lowest BCUT2D eigenvalue weighted by Crippen LogP contribution is -2.22. The van der Waals surface area contributed by atoms with Crippen molar-refractivity contribution in [3.8, 4) is 17.2 Å². The summed E-state index contributed by atoms with van der Waals surface area (Å²) in [6.07, 6.45) is 0. The second-order valence-electron chi connectivity index (χ2n) is 6.54. The highest BCUT2D eigenvalue weighted by atomic mass is 35.5. The maximum Gasteiger partial charge on any atom is 0.266 e. The van der Waals surface area contributed by atoms with E-state index in [9.17, 15) is 4.79 Å². The molecule has 0 unspecified atom stereocenters. The van der Waals surface area contributed by atoms with E-state index in [2.05, 4.69) is 0 Å². The van der Waals surface area contributed by atoms with Crippen LogP contribution >= 0.6 is 23.4 Å². The van der Waals surface area contributed by atoms with Crippen LogP contribution in [0.1, 0.15) is 5.56 Å². The Morgan fingerprint density at radius 3 is 2.40 bits per heavy atom. The molecule has 0 spiro atoms. The minimum Gasteiger partial charge on any atom is -0.497 e. The molecular formula is C23H19ClN2O3S. The van der Waals surface area contributed by atoms with Crippen LogP contribution in [0.25, 0.3) is 16.6 Å². The van der Waals surface area contributed by atoms with E-state index >= 15 is 0 Å². The minimum absolute atomic E-state index is 0.149. The number of thioether (sulfide) groups is 1. The molecule has 4 rings (SSSR count). The van der Waals surface area contributed by atoms with E-state index in [1.165, 1.54) is 11.8 Å². The predicted molar refractivity (Wildman–Crippen MR) is 121 cm³/mol. The van der Waals surface area contributed by atoms with E-state index in [-0.39, 0.29) is 5.56 Å². The molecule has 0 aliphatic heterocycles. The van der Waals surface area contributed by atoms with E-state index in [4.69, 9.17) is 26.1 Å². The van der Waals surface area contributed by atoms with Gasteiger partial charge in [0.25, 0.3) is 5.56 Å². The average Bonchev–Trinajstić information content (AvgIpc) is 2.77. The second kappa shape index (κ2) is 8.81. The van der Waals surface area contributed by atoms with Crippen molar-refractivity contribution in [3.05, 3.63) is 87.7 Å². The third kappa shape index (κ3) is 4.15. The molecule has 0 saturated carbocycles. The standard InChI is InChI=1S/C23H19ClN2O3S/c1-28-18-11-17(12-19(13-18)29-2)26-22(27)20-8-3-4-9-21(20)25-23(26)30-14-15-6-5-7-16(24)10-15/h3-13H,14H2,1-2H3. The van der Waals surface area contributed by atoms with Crippen LogP contribution in [0.15, 0.2) is 76.7 Å². The van der Waals surface area contributed by atoms with Crippen molar-refractivity contribution in [2.24, 2.45) is 0 Å². The Hall–Kier alpha value is -2.96. The lowest BCUT2D eigenvalue weighted by atomic mass is 10.2. The third-order valence-corrected chi connectivity index (χ3v) is 5.84. The van der Waals surface area contributed by atoms with Crippen molar-refractivity contribution >= 4 is 34.3 Å². The van der Waals surface area contributed by atoms with Crippen LogP contribution < -0.4 is 15.0 Å². The fraction of sp³-hybridized carbons (Fsp3) is 0.130. The molecule has 0 saturated heterocycles. The summed E-state index contributed by atoms with van der Waals surface area (Å²) in [5.74, 6) is 1.80. The molecule has 0 bridgehead atoms. The van der Waals surface area contributed by atoms with Crippen LogP contribution in [0, 0.1) is 0 Å². The highest BCUT2D eigenvalue weighted by Crippen LogP contribution is 2.29. The number of hydrogen-bond acceptors (Lipinski definition) is 5. The first kappa shape index (κ1) is 20.3. The summed E-state index contributed by atoms with van der Waals surface area (Å²) in [5, 5.41) is 1.80. The third-order valence-electron chi connectivity index (χ3n) is 4.60. The molecule has 0 aliphatic rings. The van der Waals surface area contributed by atoms with Crippen LogP contribution in [0.2, 0.25) is 5.02 Å². The molecule has 152 valence electrons. The molecule has 7 heteroatoms. The molecule has 30 heavy (non-hydrogen) atoms. The number of nitrogens with zero attached hydrogens (tertiary/aromatic N) is 2. The van der Waals surface area contributed by atoms with Gasteiger partial charge in [-0.25, -0.2) is 4.98 Å². The van der Waals surface area contributed by atoms with Gasteiger partial charge in [0.2, 0.25) is 0 Å². The average molecular weight is 439 g/mol. The fourth-order valence-corrected chi connectivity index (χ4v) is 4.30. The van der Waals surface area contributed by atoms with Gasteiger partial charge in [-0.1, -0.05) is 47.6 Å². The zero-order chi connectivity index (χ0) is 21.1. The van der Waals surface area contributed by atoms with Crippen LogP contribution in [0.4, 0.5) is 0 Å². The molecule has 4 aromatic rings. The van der Waals surface area contributed by atoms with Gasteiger partial charge in [0, 0.05) is 29.0 Å². The van der Waals surface area contributed by atoms with Crippen molar-refractivity contribution in [1.82, 2.24) is 9.55 Å². The maximum atomic E-state index is 13.4. The molecule has 0 radical (unpaired) electrons. The summed E-state index contributed by atoms with van der Waals surface area (Å²) < 4.78 is 12.4. The van der Waals surface area contributed by atoms with Crippen LogP contribution in [-0.2, 0) is 5.75 Å². The first-order valence-electron chi connectivity index (χ1n) is 9.21. The Morgan fingerprint density at radius 2 is 1.70 bits per heavy atom. The molecule has 0 atom stereocenters. The van der Waals surface area contributed by atoms with Crippen LogP contribution in [0.3, 0.4) is 0 Å². The summed E-state index contributed by atoms with van der Waals surface area (Å²) in [7, 11) is 3.16. The quantitative estimate of drug-likeness (QED) is 0.300. The highest BCUT2D eigenvalue weighted by Gasteiger charge is 2.15. The van der Waals surface area contributed by atoms with Gasteiger partial charge >= 0.3 is 0 Å². The molecule has 0 fully saturated rings. The SMILES string of the molecule is COc1cc(OC)cc(-n2c(SCc3cccc(Cl)c3)nc3ccccc3c2=O)c1. The van der Waals surface area contributed by atoms with Crippen molar-refractivity contribution < 1.29 is 9.47 Å². The van der Waals surface area contributed by atoms with E-state index in [0.717, 1.165) is 5.56 Å². The van der Waals surface area contributed by atoms with Gasteiger partial charge in [0.05, 0.1) is 30.8 Å². The van der Waals surface area contributed by atoms with Crippen molar-refractivity contribution in [2.75, 3.05) is 14.2 Å². The molecule has 1 heterocycles. The summed E-state index contributed by atoms with van der Waals surface area (Å²) in [6.45, 7) is 0. The van der Waals surface area contributed by atoms with E-state index < -0.39 is 0 Å². The number of hydrogen-bond donors (Lipinski definition) is 0. The summed E-state index contributed by atoms with van der Waals surface area (Å²) in [6, 6.07) is 20.3. The smallest absolute Gasteiger partial charge is 0.266 e. The number of para-hydroxylation sites is 1. The molecule has 5 nitrogen and oxygen atoms in total. The topological polar surface area (TPSA) is 53.4 Å². The first-order chi connectivity index (χ1) is 14.6. The Morgan fingerprint density at radius 1 is 0.967 bits per heavy atom. The monoisotopic (exact) mass is 438 g/mol. The van der Waals surface area contributed by atoms with E-state index in [1.54, 1.807) is 43.1 Å². The number of rotatable bonds is 6. The molecule has 3 aromatic carbocycles. The molecular weight excluding hydrogens is 420 g/mol. The van der Waals surface area contributed by atoms with E-state index in [0.29, 0.717) is 44.0 Å². The normalized spacial score (nSPS) is 10.9. The zero-order valence-electron chi connectivity index (χ0n) is 16.5. The predicted octanol–water partition coefficient (Wildman–Crippen LogP) is 5.35. The molecule has 1 aromatic heterocycles. The maximum absolute atomic E-state index is 13.4. The molecule has 0 amide bonds. The fourth-order valence-electron chi connectivity index (χ4n) is 3.13. The summed E-state index contributed by atoms with van der Waals surface area (Å²) >= 11 is 7.59. The van der Waals surface area contributed by atoms with Gasteiger partial charge in [-0.3, -0.25) is 9.36 Å². The molecule has 0 aliphatic carbocycles. The minimum atomic E-state index is -0.149. The largest absolute Gasteiger partial charge is 0.497 e. The van der Waals surface area contributed by atoms with Crippen molar-refractivity contribution in [1.29, 1.82) is 0 Å². The zero-order valence-corrected chi connectivity index (χ0v) is 18.0. The van der Waals surface area contributed by atoms with Gasteiger partial charge in [0.1, 0.15) is 11.5 Å². The summed E-state index contributed by atoms with van der Waals surface area (Å²) in [5.41, 5.74) is 2.18. The van der Waals surface area contributed by atoms with Crippen molar-refractivity contribution in [3.63, 3.8) is 0 Å². The van der Waals surface area contributed by atoms with Gasteiger partial charge < -0.3 is 9.47 Å². The van der Waals surface area contributed by atoms with Gasteiger partial charge in [-0.2, -0.15) is 0 Å². The van der Waals surface area contributed by atoms with Gasteiger partial charge in [-0.05, 0) is 29.8 Å². The van der Waals surface area contributed by atoms with Gasteiger partial charge in [-0.15, -0.1) is 0 Å². The van der Waals surface area contributed by atoms with Crippen LogP contribution in [-0.4, -0.2) is 23.8 Å². The number of methoxy groups -OCH3 is 2. The Balaban J connectivity index is 1.87. The van der Waals surface area contributed by atoms with E-state index in [1.807, 2.05) is 42.5 Å². The summed E-state index contributed by atoms with van der Waals surface area (Å²) in [4.78, 5) is 18.2. The van der Waals surface area contributed by atoms with Crippen molar-refractivity contribution in [2.45, 2.75) is 10.9 Å². The number of aromatic nitrogens is 2. The number of ether oxygens (including phenoxy) is 2.